The van der Waals surface area contributed by atoms with E-state index in [0.717, 1.165) is 35.1 Å². The Bertz CT molecular complexity index is 1400. The van der Waals surface area contributed by atoms with E-state index in [2.05, 4.69) is 28.9 Å². The molecule has 4 heterocycles. The number of hydrogen-bond acceptors (Lipinski definition) is 6. The van der Waals surface area contributed by atoms with Gasteiger partial charge in [0.2, 0.25) is 11.7 Å². The van der Waals surface area contributed by atoms with Gasteiger partial charge < -0.3 is 9.80 Å². The number of halogens is 1. The second kappa shape index (κ2) is 9.99. The van der Waals surface area contributed by atoms with Crippen molar-refractivity contribution >= 4 is 50.5 Å². The summed E-state index contributed by atoms with van der Waals surface area (Å²) in [5.74, 6) is 1.86. The molecule has 10 heteroatoms. The Morgan fingerprint density at radius 3 is 2.54 bits per heavy atom. The molecule has 0 spiro atoms. The van der Waals surface area contributed by atoms with Crippen LogP contribution in [0.1, 0.15) is 32.5 Å². The number of rotatable bonds is 7. The highest BCUT2D eigenvalue weighted by molar-refractivity contribution is 7.17. The molecule has 0 N–H and O–H groups in total. The fraction of sp³-hybridized carbons (Fsp3) is 0.440. The Labute approximate surface area is 212 Å². The van der Waals surface area contributed by atoms with Gasteiger partial charge in [0.1, 0.15) is 10.5 Å². The molecule has 0 unspecified atom stereocenters. The average Bonchev–Trinajstić information content (AvgIpc) is 3.49. The van der Waals surface area contributed by atoms with Gasteiger partial charge in [-0.1, -0.05) is 25.4 Å². The van der Waals surface area contributed by atoms with Crippen LogP contribution in [0.25, 0.3) is 16.0 Å². The predicted octanol–water partition coefficient (Wildman–Crippen LogP) is 4.09. The van der Waals surface area contributed by atoms with Gasteiger partial charge in [-0.25, -0.2) is 0 Å². The summed E-state index contributed by atoms with van der Waals surface area (Å²) < 4.78 is 4.44. The molecule has 0 bridgehead atoms. The number of fused-ring (bicyclic) bond motifs is 3. The number of anilines is 1. The molecule has 1 aliphatic heterocycles. The average molecular weight is 513 g/mol. The number of benzene rings is 1. The quantitative estimate of drug-likeness (QED) is 0.373. The summed E-state index contributed by atoms with van der Waals surface area (Å²) in [6.07, 6.45) is 1.78. The van der Waals surface area contributed by atoms with E-state index in [1.807, 2.05) is 45.0 Å². The lowest BCUT2D eigenvalue weighted by atomic mass is 10.2. The molecule has 0 radical (unpaired) electrons. The number of aryl methyl sites for hydroxylation is 1. The standard InChI is InChI=1S/C25H29ClN6O2S/c1-17(2)16-31-24(34)23-20(10-15-35-23)32-21(27-28-25(31)32)4-3-5-22(33)30-13-11-29(12-14-30)19-8-6-18(26)7-9-19/h6-10,15,17H,3-5,11-14,16H2,1-2H3. The Hall–Kier alpha value is -2.91. The zero-order chi connectivity index (χ0) is 24.5. The van der Waals surface area contributed by atoms with Crippen molar-refractivity contribution in [3.05, 3.63) is 56.9 Å². The Morgan fingerprint density at radius 1 is 1.09 bits per heavy atom. The Kier molecular flexibility index (Phi) is 6.80. The van der Waals surface area contributed by atoms with Crippen LogP contribution >= 0.6 is 22.9 Å². The largest absolute Gasteiger partial charge is 0.368 e. The number of piperazine rings is 1. The summed E-state index contributed by atoms with van der Waals surface area (Å²) >= 11 is 7.44. The fourth-order valence-corrected chi connectivity index (χ4v) is 5.64. The first-order valence-corrected chi connectivity index (χ1v) is 13.3. The third kappa shape index (κ3) is 4.79. The molecule has 1 saturated heterocycles. The predicted molar refractivity (Wildman–Crippen MR) is 141 cm³/mol. The van der Waals surface area contributed by atoms with Crippen LogP contribution < -0.4 is 10.5 Å². The molecular formula is C25H29ClN6O2S. The summed E-state index contributed by atoms with van der Waals surface area (Å²) in [6.45, 7) is 7.81. The van der Waals surface area contributed by atoms with Crippen molar-refractivity contribution in [2.75, 3.05) is 31.1 Å². The number of thiophene rings is 1. The maximum Gasteiger partial charge on any atom is 0.272 e. The molecule has 0 saturated carbocycles. The third-order valence-electron chi connectivity index (χ3n) is 6.44. The first-order valence-electron chi connectivity index (χ1n) is 12.0. The molecule has 0 aliphatic carbocycles. The minimum atomic E-state index is -0.0110. The molecular weight excluding hydrogens is 484 g/mol. The van der Waals surface area contributed by atoms with Crippen LogP contribution in [0, 0.1) is 5.92 Å². The van der Waals surface area contributed by atoms with E-state index in [9.17, 15) is 9.59 Å². The molecule has 8 nitrogen and oxygen atoms in total. The summed E-state index contributed by atoms with van der Waals surface area (Å²) in [5, 5.41) is 11.4. The van der Waals surface area contributed by atoms with Crippen molar-refractivity contribution in [3.8, 4) is 0 Å². The molecule has 4 aromatic rings. The maximum absolute atomic E-state index is 13.0. The van der Waals surface area contributed by atoms with Gasteiger partial charge in [0.25, 0.3) is 5.56 Å². The zero-order valence-corrected chi connectivity index (χ0v) is 21.6. The van der Waals surface area contributed by atoms with Crippen LogP contribution in [0.4, 0.5) is 5.69 Å². The van der Waals surface area contributed by atoms with E-state index in [4.69, 9.17) is 11.6 Å². The highest BCUT2D eigenvalue weighted by Gasteiger charge is 2.22. The summed E-state index contributed by atoms with van der Waals surface area (Å²) in [4.78, 5) is 30.1. The Morgan fingerprint density at radius 2 is 1.83 bits per heavy atom. The number of amides is 1. The summed E-state index contributed by atoms with van der Waals surface area (Å²) in [5.41, 5.74) is 1.97. The highest BCUT2D eigenvalue weighted by atomic mass is 35.5. The van der Waals surface area contributed by atoms with Gasteiger partial charge in [-0.2, -0.15) is 0 Å². The van der Waals surface area contributed by atoms with E-state index >= 15 is 0 Å². The first-order chi connectivity index (χ1) is 16.9. The van der Waals surface area contributed by atoms with Crippen LogP contribution in [-0.4, -0.2) is 56.2 Å². The molecule has 1 fully saturated rings. The van der Waals surface area contributed by atoms with Crippen LogP contribution in [0.2, 0.25) is 5.02 Å². The van der Waals surface area contributed by atoms with E-state index in [0.29, 0.717) is 55.3 Å². The number of carbonyl (C=O) groups excluding carboxylic acids is 1. The van der Waals surface area contributed by atoms with Crippen LogP contribution in [-0.2, 0) is 17.8 Å². The lowest BCUT2D eigenvalue weighted by molar-refractivity contribution is -0.131. The van der Waals surface area contributed by atoms with Gasteiger partial charge in [0.15, 0.2) is 0 Å². The van der Waals surface area contributed by atoms with Crippen LogP contribution in [0.5, 0.6) is 0 Å². The molecule has 1 aromatic carbocycles. The molecule has 1 aliphatic rings. The number of aromatic nitrogens is 4. The van der Waals surface area contributed by atoms with Gasteiger partial charge in [-0.05, 0) is 48.1 Å². The van der Waals surface area contributed by atoms with Crippen molar-refractivity contribution < 1.29 is 4.79 Å². The van der Waals surface area contributed by atoms with E-state index in [1.165, 1.54) is 11.3 Å². The molecule has 0 atom stereocenters. The van der Waals surface area contributed by atoms with Gasteiger partial charge >= 0.3 is 0 Å². The second-order valence-electron chi connectivity index (χ2n) is 9.39. The third-order valence-corrected chi connectivity index (χ3v) is 7.59. The lowest BCUT2D eigenvalue weighted by Gasteiger charge is -2.36. The smallest absolute Gasteiger partial charge is 0.272 e. The van der Waals surface area contributed by atoms with Crippen LogP contribution in [0.15, 0.2) is 40.5 Å². The van der Waals surface area contributed by atoms with Gasteiger partial charge in [0, 0.05) is 56.3 Å². The molecule has 1 amide bonds. The van der Waals surface area contributed by atoms with E-state index in [1.54, 1.807) is 4.57 Å². The van der Waals surface area contributed by atoms with Crippen molar-refractivity contribution in [2.24, 2.45) is 5.92 Å². The van der Waals surface area contributed by atoms with Crippen molar-refractivity contribution in [2.45, 2.75) is 39.7 Å². The number of carbonyl (C=O) groups is 1. The SMILES string of the molecule is CC(C)Cn1c(=O)c2sccc2n2c(CCCC(=O)N3CCN(c4ccc(Cl)cc4)CC3)nnc12. The maximum atomic E-state index is 13.0. The van der Waals surface area contributed by atoms with Gasteiger partial charge in [-0.3, -0.25) is 18.6 Å². The first kappa shape index (κ1) is 23.8. The topological polar surface area (TPSA) is 75.7 Å². The normalized spacial score (nSPS) is 14.5. The van der Waals surface area contributed by atoms with E-state index < -0.39 is 0 Å². The second-order valence-corrected chi connectivity index (χ2v) is 10.7. The molecule has 3 aromatic heterocycles. The molecule has 5 rings (SSSR count). The Balaban J connectivity index is 1.23. The summed E-state index contributed by atoms with van der Waals surface area (Å²) in [6, 6.07) is 9.79. The highest BCUT2D eigenvalue weighted by Crippen LogP contribution is 2.22. The number of hydrogen-bond donors (Lipinski definition) is 0. The van der Waals surface area contributed by atoms with Crippen molar-refractivity contribution in [3.63, 3.8) is 0 Å². The van der Waals surface area contributed by atoms with Crippen LogP contribution in [0.3, 0.4) is 0 Å². The number of nitrogens with zero attached hydrogens (tertiary/aromatic N) is 6. The molecule has 184 valence electrons. The lowest BCUT2D eigenvalue weighted by Crippen LogP contribution is -2.48. The summed E-state index contributed by atoms with van der Waals surface area (Å²) in [7, 11) is 0. The zero-order valence-electron chi connectivity index (χ0n) is 20.0. The van der Waals surface area contributed by atoms with Gasteiger partial charge in [-0.15, -0.1) is 21.5 Å². The fourth-order valence-electron chi connectivity index (χ4n) is 4.69. The monoisotopic (exact) mass is 512 g/mol. The van der Waals surface area contributed by atoms with Gasteiger partial charge in [0.05, 0.1) is 5.52 Å². The minimum absolute atomic E-state index is 0.0110. The molecule has 35 heavy (non-hydrogen) atoms. The van der Waals surface area contributed by atoms with Crippen molar-refractivity contribution in [1.82, 2.24) is 24.1 Å². The minimum Gasteiger partial charge on any atom is -0.368 e. The van der Waals surface area contributed by atoms with Crippen molar-refractivity contribution in [1.29, 1.82) is 0 Å². The van der Waals surface area contributed by atoms with E-state index in [-0.39, 0.29) is 11.5 Å².